The Kier molecular flexibility index (Phi) is 4.56. The lowest BCUT2D eigenvalue weighted by atomic mass is 10.1. The van der Waals surface area contributed by atoms with Crippen molar-refractivity contribution < 1.29 is 17.9 Å². The molecule has 1 aromatic heterocycles. The van der Waals surface area contributed by atoms with Gasteiger partial charge in [0.25, 0.3) is 5.56 Å². The normalized spacial score (nSPS) is 15.2. The monoisotopic (exact) mass is 387 g/mol. The zero-order valence-corrected chi connectivity index (χ0v) is 14.8. The molecule has 0 spiro atoms. The van der Waals surface area contributed by atoms with Gasteiger partial charge in [-0.2, -0.15) is 0 Å². The fraction of sp³-hybridized carbons (Fsp3) is 0.333. The van der Waals surface area contributed by atoms with Gasteiger partial charge in [0.15, 0.2) is 0 Å². The number of fused-ring (bicyclic) bond motifs is 1. The average Bonchev–Trinajstić information content (AvgIpc) is 2.51. The number of aromatic amines is 1. The summed E-state index contributed by atoms with van der Waals surface area (Å²) in [5.74, 6) is -0.770. The van der Waals surface area contributed by atoms with E-state index in [1.807, 2.05) is 4.90 Å². The molecule has 0 amide bonds. The van der Waals surface area contributed by atoms with Crippen LogP contribution in [0.1, 0.15) is 16.8 Å². The van der Waals surface area contributed by atoms with Crippen molar-refractivity contribution >= 4 is 21.4 Å². The minimum absolute atomic E-state index is 0.0821. The van der Waals surface area contributed by atoms with Crippen molar-refractivity contribution in [2.75, 3.05) is 12.8 Å². The molecule has 2 aromatic rings. The highest BCUT2D eigenvalue weighted by Crippen LogP contribution is 2.30. The third kappa shape index (κ3) is 3.68. The quantitative estimate of drug-likeness (QED) is 0.768. The fourth-order valence-corrected chi connectivity index (χ4v) is 3.54. The molecule has 0 aliphatic carbocycles. The van der Waals surface area contributed by atoms with Gasteiger partial charge in [-0.1, -0.05) is 11.6 Å². The first-order chi connectivity index (χ1) is 11.6. The van der Waals surface area contributed by atoms with Crippen LogP contribution in [-0.2, 0) is 29.3 Å². The molecule has 1 aliphatic rings. The van der Waals surface area contributed by atoms with Crippen molar-refractivity contribution in [2.45, 2.75) is 24.7 Å². The molecule has 0 saturated carbocycles. The van der Waals surface area contributed by atoms with E-state index in [0.29, 0.717) is 29.8 Å². The number of nitrogens with one attached hydrogen (secondary N) is 1. The van der Waals surface area contributed by atoms with Crippen LogP contribution >= 0.6 is 11.6 Å². The van der Waals surface area contributed by atoms with Gasteiger partial charge in [0.1, 0.15) is 11.6 Å². The minimum atomic E-state index is -3.65. The van der Waals surface area contributed by atoms with E-state index >= 15 is 0 Å². The van der Waals surface area contributed by atoms with E-state index in [1.165, 1.54) is 6.07 Å². The highest BCUT2D eigenvalue weighted by Gasteiger charge is 2.24. The highest BCUT2D eigenvalue weighted by molar-refractivity contribution is 7.90. The Labute approximate surface area is 148 Å². The van der Waals surface area contributed by atoms with E-state index in [4.69, 9.17) is 11.6 Å². The molecular formula is C15H15ClFN3O4S. The topological polar surface area (TPSA) is 103 Å². The van der Waals surface area contributed by atoms with Crippen LogP contribution in [0.15, 0.2) is 22.1 Å². The van der Waals surface area contributed by atoms with Crippen molar-refractivity contribution in [2.24, 2.45) is 0 Å². The molecule has 0 fully saturated rings. The molecular weight excluding hydrogens is 373 g/mol. The Morgan fingerprint density at radius 2 is 2.16 bits per heavy atom. The van der Waals surface area contributed by atoms with Crippen LogP contribution in [0.2, 0.25) is 5.02 Å². The van der Waals surface area contributed by atoms with Gasteiger partial charge < -0.3 is 5.11 Å². The van der Waals surface area contributed by atoms with Gasteiger partial charge >= 0.3 is 0 Å². The molecule has 1 aliphatic heterocycles. The first-order valence-corrected chi connectivity index (χ1v) is 9.63. The Morgan fingerprint density at radius 1 is 1.44 bits per heavy atom. The first-order valence-electron chi connectivity index (χ1n) is 7.36. The van der Waals surface area contributed by atoms with E-state index < -0.39 is 21.2 Å². The van der Waals surface area contributed by atoms with E-state index in [9.17, 15) is 22.7 Å². The lowest BCUT2D eigenvalue weighted by molar-refractivity contribution is 0.236. The number of aromatic hydroxyl groups is 1. The van der Waals surface area contributed by atoms with Crippen molar-refractivity contribution in [3.05, 3.63) is 50.1 Å². The maximum Gasteiger partial charge on any atom is 0.255 e. The zero-order valence-electron chi connectivity index (χ0n) is 13.2. The summed E-state index contributed by atoms with van der Waals surface area (Å²) < 4.78 is 36.8. The second-order valence-electron chi connectivity index (χ2n) is 5.92. The molecule has 0 radical (unpaired) electrons. The molecule has 10 heteroatoms. The predicted octanol–water partition coefficient (Wildman–Crippen LogP) is 1.23. The number of phenolic OH excluding ortho intramolecular Hbond substituents is 1. The number of rotatable bonds is 3. The lowest BCUT2D eigenvalue weighted by Gasteiger charge is -2.27. The van der Waals surface area contributed by atoms with E-state index in [2.05, 4.69) is 9.97 Å². The van der Waals surface area contributed by atoms with Crippen molar-refractivity contribution in [3.63, 3.8) is 0 Å². The summed E-state index contributed by atoms with van der Waals surface area (Å²) in [7, 11) is -3.65. The number of aromatic nitrogens is 2. The molecule has 0 bridgehead atoms. The molecule has 7 nitrogen and oxygen atoms in total. The Bertz CT molecular complexity index is 1010. The maximum absolute atomic E-state index is 13.5. The van der Waals surface area contributed by atoms with Gasteiger partial charge in [-0.15, -0.1) is 0 Å². The molecule has 25 heavy (non-hydrogen) atoms. The van der Waals surface area contributed by atoms with Crippen LogP contribution in [0.25, 0.3) is 0 Å². The molecule has 0 unspecified atom stereocenters. The van der Waals surface area contributed by atoms with E-state index in [0.717, 1.165) is 12.3 Å². The van der Waals surface area contributed by atoms with Gasteiger partial charge in [-0.25, -0.2) is 17.8 Å². The SMILES string of the molecule is CS(=O)(=O)c1nc2c(c(=O)[nH]1)CCN(Cc1cc(F)cc(Cl)c1O)C2. The minimum Gasteiger partial charge on any atom is -0.506 e. The molecule has 134 valence electrons. The van der Waals surface area contributed by atoms with E-state index in [1.54, 1.807) is 0 Å². The van der Waals surface area contributed by atoms with Gasteiger partial charge in [0.2, 0.25) is 15.0 Å². The number of hydrogen-bond acceptors (Lipinski definition) is 6. The van der Waals surface area contributed by atoms with E-state index in [-0.39, 0.29) is 29.0 Å². The maximum atomic E-state index is 13.5. The third-order valence-corrected chi connectivity index (χ3v) is 5.17. The summed E-state index contributed by atoms with van der Waals surface area (Å²) in [4.78, 5) is 20.2. The highest BCUT2D eigenvalue weighted by atomic mass is 35.5. The second-order valence-corrected chi connectivity index (χ2v) is 8.26. The Balaban J connectivity index is 1.91. The molecule has 2 heterocycles. The predicted molar refractivity (Wildman–Crippen MR) is 88.9 cm³/mol. The largest absolute Gasteiger partial charge is 0.506 e. The zero-order chi connectivity index (χ0) is 18.4. The molecule has 0 atom stereocenters. The summed E-state index contributed by atoms with van der Waals surface area (Å²) in [6, 6.07) is 2.20. The molecule has 0 saturated heterocycles. The number of nitrogens with zero attached hydrogens (tertiary/aromatic N) is 2. The average molecular weight is 388 g/mol. The van der Waals surface area contributed by atoms with Gasteiger partial charge in [0.05, 0.1) is 10.7 Å². The van der Waals surface area contributed by atoms with Crippen molar-refractivity contribution in [1.82, 2.24) is 14.9 Å². The first kappa shape index (κ1) is 17.8. The summed E-state index contributed by atoms with van der Waals surface area (Å²) in [5, 5.41) is 9.51. The smallest absolute Gasteiger partial charge is 0.255 e. The second kappa shape index (κ2) is 6.40. The Morgan fingerprint density at radius 3 is 2.84 bits per heavy atom. The van der Waals surface area contributed by atoms with Gasteiger partial charge in [-0.05, 0) is 18.6 Å². The number of phenols is 1. The number of H-pyrrole nitrogens is 1. The summed E-state index contributed by atoms with van der Waals surface area (Å²) in [6.07, 6.45) is 1.33. The van der Waals surface area contributed by atoms with Crippen LogP contribution in [-0.4, -0.2) is 41.2 Å². The number of benzene rings is 1. The summed E-state index contributed by atoms with van der Waals surface area (Å²) >= 11 is 5.78. The summed E-state index contributed by atoms with van der Waals surface area (Å²) in [6.45, 7) is 0.865. The van der Waals surface area contributed by atoms with Crippen LogP contribution in [0, 0.1) is 5.82 Å². The third-order valence-electron chi connectivity index (χ3n) is 3.98. The van der Waals surface area contributed by atoms with Crippen LogP contribution in [0.4, 0.5) is 4.39 Å². The number of hydrogen-bond donors (Lipinski definition) is 2. The van der Waals surface area contributed by atoms with Crippen molar-refractivity contribution in [1.29, 1.82) is 0 Å². The van der Waals surface area contributed by atoms with Crippen LogP contribution in [0.5, 0.6) is 5.75 Å². The van der Waals surface area contributed by atoms with Gasteiger partial charge in [-0.3, -0.25) is 14.7 Å². The van der Waals surface area contributed by atoms with Crippen LogP contribution < -0.4 is 5.56 Å². The number of sulfone groups is 1. The fourth-order valence-electron chi connectivity index (χ4n) is 2.76. The molecule has 3 rings (SSSR count). The molecule has 2 N–H and O–H groups in total. The molecule has 1 aromatic carbocycles. The number of halogens is 2. The van der Waals surface area contributed by atoms with Crippen molar-refractivity contribution in [3.8, 4) is 5.75 Å². The van der Waals surface area contributed by atoms with Crippen LogP contribution in [0.3, 0.4) is 0 Å². The standard InChI is InChI=1S/C15H15ClFN3O4S/c1-25(23,24)15-18-12-7-20(3-2-10(12)14(22)19-15)6-8-4-9(17)5-11(16)13(8)21/h4-5,21H,2-3,6-7H2,1H3,(H,18,19,22). The summed E-state index contributed by atoms with van der Waals surface area (Å²) in [5.41, 5.74) is 0.630. The lowest BCUT2D eigenvalue weighted by Crippen LogP contribution is -2.35. The van der Waals surface area contributed by atoms with Gasteiger partial charge in [0, 0.05) is 37.0 Å². The Hall–Kier alpha value is -1.97.